The van der Waals surface area contributed by atoms with Crippen LogP contribution < -0.4 is 5.32 Å². The molecular weight excluding hydrogens is 322 g/mol. The van der Waals surface area contributed by atoms with Crippen molar-refractivity contribution in [3.8, 4) is 0 Å². The van der Waals surface area contributed by atoms with Crippen molar-refractivity contribution in [1.82, 2.24) is 15.2 Å². The summed E-state index contributed by atoms with van der Waals surface area (Å²) in [5.41, 5.74) is -0.448. The minimum atomic E-state index is -0.448. The van der Waals surface area contributed by atoms with Crippen LogP contribution in [-0.4, -0.2) is 40.2 Å². The van der Waals surface area contributed by atoms with Crippen molar-refractivity contribution >= 4 is 29.0 Å². The largest absolute Gasteiger partial charge is 0.444 e. The normalized spacial score (nSPS) is 22.7. The van der Waals surface area contributed by atoms with Gasteiger partial charge in [0.25, 0.3) is 0 Å². The summed E-state index contributed by atoms with van der Waals surface area (Å²) in [6, 6.07) is 0.553. The molecule has 0 radical (unpaired) electrons. The fourth-order valence-corrected chi connectivity index (χ4v) is 3.46. The topological polar surface area (TPSA) is 54.5 Å². The maximum atomic E-state index is 12.2. The minimum absolute atomic E-state index is 0.168. The van der Waals surface area contributed by atoms with E-state index in [1.165, 1.54) is 11.3 Å². The number of nitrogens with zero attached hydrogens (tertiary/aromatic N) is 2. The second-order valence-electron chi connectivity index (χ2n) is 6.68. The zero-order valence-electron chi connectivity index (χ0n) is 13.6. The molecule has 0 bridgehead atoms. The first-order valence-corrected chi connectivity index (χ1v) is 8.77. The van der Waals surface area contributed by atoms with Crippen molar-refractivity contribution in [1.29, 1.82) is 0 Å². The second kappa shape index (κ2) is 7.15. The second-order valence-corrected chi connectivity index (χ2v) is 8.43. The van der Waals surface area contributed by atoms with Crippen LogP contribution in [0.15, 0.2) is 6.20 Å². The number of amides is 1. The zero-order valence-corrected chi connectivity index (χ0v) is 15.1. The van der Waals surface area contributed by atoms with E-state index in [4.69, 9.17) is 16.3 Å². The Morgan fingerprint density at radius 3 is 2.86 bits per heavy atom. The molecule has 22 heavy (non-hydrogen) atoms. The molecule has 1 amide bonds. The molecule has 2 rings (SSSR count). The van der Waals surface area contributed by atoms with E-state index < -0.39 is 5.60 Å². The maximum absolute atomic E-state index is 12.2. The fourth-order valence-electron chi connectivity index (χ4n) is 2.55. The summed E-state index contributed by atoms with van der Waals surface area (Å²) < 4.78 is 6.17. The van der Waals surface area contributed by atoms with Crippen molar-refractivity contribution in [2.75, 3.05) is 6.54 Å². The maximum Gasteiger partial charge on any atom is 0.410 e. The van der Waals surface area contributed by atoms with E-state index in [1.54, 1.807) is 6.20 Å². The van der Waals surface area contributed by atoms with Crippen molar-refractivity contribution in [2.45, 2.75) is 64.8 Å². The van der Waals surface area contributed by atoms with Gasteiger partial charge < -0.3 is 15.0 Å². The molecule has 1 saturated heterocycles. The van der Waals surface area contributed by atoms with E-state index in [9.17, 15) is 4.79 Å². The van der Waals surface area contributed by atoms with Gasteiger partial charge in [-0.1, -0.05) is 11.6 Å². The highest BCUT2D eigenvalue weighted by atomic mass is 35.5. The van der Waals surface area contributed by atoms with Gasteiger partial charge in [-0.2, -0.15) is 0 Å². The van der Waals surface area contributed by atoms with Crippen LogP contribution in [0.5, 0.6) is 0 Å². The van der Waals surface area contributed by atoms with Gasteiger partial charge in [0.15, 0.2) is 0 Å². The van der Waals surface area contributed by atoms with Crippen LogP contribution in [0.3, 0.4) is 0 Å². The smallest absolute Gasteiger partial charge is 0.410 e. The van der Waals surface area contributed by atoms with E-state index in [0.717, 1.165) is 24.4 Å². The monoisotopic (exact) mass is 345 g/mol. The van der Waals surface area contributed by atoms with Crippen molar-refractivity contribution in [3.05, 3.63) is 15.5 Å². The van der Waals surface area contributed by atoms with Gasteiger partial charge in [0.2, 0.25) is 0 Å². The molecule has 1 aliphatic heterocycles. The summed E-state index contributed by atoms with van der Waals surface area (Å²) in [7, 11) is 0. The summed E-state index contributed by atoms with van der Waals surface area (Å²) in [6.45, 7) is 9.18. The lowest BCUT2D eigenvalue weighted by molar-refractivity contribution is 0.00932. The molecule has 7 heteroatoms. The van der Waals surface area contributed by atoms with Crippen molar-refractivity contribution < 1.29 is 9.53 Å². The number of piperidine rings is 1. The van der Waals surface area contributed by atoms with Gasteiger partial charge in [0, 0.05) is 25.2 Å². The third-order valence-corrected chi connectivity index (χ3v) is 4.69. The van der Waals surface area contributed by atoms with Crippen LogP contribution in [0, 0.1) is 0 Å². The molecule has 1 aromatic rings. The van der Waals surface area contributed by atoms with Gasteiger partial charge >= 0.3 is 6.09 Å². The minimum Gasteiger partial charge on any atom is -0.444 e. The van der Waals surface area contributed by atoms with E-state index in [0.29, 0.717) is 16.9 Å². The average Bonchev–Trinajstić information content (AvgIpc) is 2.80. The molecule has 1 aliphatic rings. The van der Waals surface area contributed by atoms with E-state index >= 15 is 0 Å². The van der Waals surface area contributed by atoms with Gasteiger partial charge in [-0.15, -0.1) is 11.3 Å². The molecule has 0 saturated carbocycles. The van der Waals surface area contributed by atoms with Crippen LogP contribution in [-0.2, 0) is 11.3 Å². The average molecular weight is 346 g/mol. The van der Waals surface area contributed by atoms with Crippen molar-refractivity contribution in [3.63, 3.8) is 0 Å². The molecule has 2 unspecified atom stereocenters. The van der Waals surface area contributed by atoms with Crippen LogP contribution in [0.25, 0.3) is 0 Å². The van der Waals surface area contributed by atoms with Gasteiger partial charge in [-0.25, -0.2) is 9.78 Å². The summed E-state index contributed by atoms with van der Waals surface area (Å²) >= 11 is 7.38. The fraction of sp³-hybridized carbons (Fsp3) is 0.733. The molecule has 1 fully saturated rings. The Morgan fingerprint density at radius 1 is 1.59 bits per heavy atom. The third-order valence-electron chi connectivity index (χ3n) is 3.57. The lowest BCUT2D eigenvalue weighted by atomic mass is 9.99. The summed E-state index contributed by atoms with van der Waals surface area (Å²) in [5.74, 6) is 0. The zero-order chi connectivity index (χ0) is 16.3. The quantitative estimate of drug-likeness (QED) is 0.908. The van der Waals surface area contributed by atoms with Crippen molar-refractivity contribution in [2.24, 2.45) is 0 Å². The highest BCUT2D eigenvalue weighted by Gasteiger charge is 2.31. The lowest BCUT2D eigenvalue weighted by Gasteiger charge is -2.38. The number of ether oxygens (including phenoxy) is 1. The van der Waals surface area contributed by atoms with E-state index in [2.05, 4.69) is 17.2 Å². The standard InChI is InChI=1S/C15H24ClN3O2S/c1-10-7-11(17-9-13-18-8-12(16)22-13)5-6-19(10)14(20)21-15(2,3)4/h8,10-11,17H,5-7,9H2,1-4H3. The van der Waals surface area contributed by atoms with Crippen LogP contribution in [0.1, 0.15) is 45.5 Å². The third kappa shape index (κ3) is 5.11. The molecule has 0 spiro atoms. The highest BCUT2D eigenvalue weighted by molar-refractivity contribution is 7.15. The SMILES string of the molecule is CC1CC(NCc2ncc(Cl)s2)CCN1C(=O)OC(C)(C)C. The number of hydrogen-bond acceptors (Lipinski definition) is 5. The summed E-state index contributed by atoms with van der Waals surface area (Å²) in [5, 5.41) is 4.49. The molecule has 1 N–H and O–H groups in total. The molecule has 5 nitrogen and oxygen atoms in total. The number of rotatable bonds is 3. The first-order valence-electron chi connectivity index (χ1n) is 7.58. The molecule has 1 aromatic heterocycles. The predicted molar refractivity (Wildman–Crippen MR) is 89.4 cm³/mol. The highest BCUT2D eigenvalue weighted by Crippen LogP contribution is 2.22. The van der Waals surface area contributed by atoms with E-state index in [1.807, 2.05) is 25.7 Å². The van der Waals surface area contributed by atoms with Gasteiger partial charge in [-0.3, -0.25) is 0 Å². The first-order chi connectivity index (χ1) is 10.2. The number of thiazole rings is 1. The molecule has 124 valence electrons. The van der Waals surface area contributed by atoms with Gasteiger partial charge in [-0.05, 0) is 40.5 Å². The lowest BCUT2D eigenvalue weighted by Crippen LogP contribution is -2.50. The molecule has 0 aromatic carbocycles. The number of carbonyl (C=O) groups excluding carboxylic acids is 1. The molecule has 2 heterocycles. The first kappa shape index (κ1) is 17.5. The number of halogens is 1. The molecular formula is C15H24ClN3O2S. The van der Waals surface area contributed by atoms with Crippen LogP contribution in [0.2, 0.25) is 4.34 Å². The molecule has 2 atom stereocenters. The van der Waals surface area contributed by atoms with Crippen LogP contribution in [0.4, 0.5) is 4.79 Å². The number of hydrogen-bond donors (Lipinski definition) is 1. The summed E-state index contributed by atoms with van der Waals surface area (Å²) in [6.07, 6.45) is 3.29. The summed E-state index contributed by atoms with van der Waals surface area (Å²) in [4.78, 5) is 18.2. The number of carbonyl (C=O) groups is 1. The Hall–Kier alpha value is -0.850. The molecule has 0 aliphatic carbocycles. The van der Waals surface area contributed by atoms with E-state index in [-0.39, 0.29) is 12.1 Å². The Balaban J connectivity index is 1.80. The Bertz CT molecular complexity index is 515. The Kier molecular flexibility index (Phi) is 5.69. The predicted octanol–water partition coefficient (Wildman–Crippen LogP) is 3.67. The van der Waals surface area contributed by atoms with Gasteiger partial charge in [0.05, 0.1) is 6.20 Å². The van der Waals surface area contributed by atoms with Gasteiger partial charge in [0.1, 0.15) is 14.9 Å². The number of nitrogens with one attached hydrogen (secondary N) is 1. The Morgan fingerprint density at radius 2 is 2.32 bits per heavy atom. The number of aromatic nitrogens is 1. The number of likely N-dealkylation sites (tertiary alicyclic amines) is 1. The Labute approximate surface area is 141 Å². The van der Waals surface area contributed by atoms with Crippen LogP contribution >= 0.6 is 22.9 Å².